The van der Waals surface area contributed by atoms with E-state index in [4.69, 9.17) is 0 Å². The number of rotatable bonds is 10. The highest BCUT2D eigenvalue weighted by atomic mass is 32.2. The second kappa shape index (κ2) is 13.9. The highest BCUT2D eigenvalue weighted by molar-refractivity contribution is 8.00. The van der Waals surface area contributed by atoms with E-state index in [1.54, 1.807) is 72.8 Å². The van der Waals surface area contributed by atoms with E-state index >= 15 is 0 Å². The van der Waals surface area contributed by atoms with Gasteiger partial charge in [-0.2, -0.15) is 0 Å². The predicted molar refractivity (Wildman–Crippen MR) is 164 cm³/mol. The lowest BCUT2D eigenvalue weighted by molar-refractivity contribution is -0.114. The van der Waals surface area contributed by atoms with E-state index < -0.39 is 11.8 Å². The Kier molecular flexibility index (Phi) is 9.85. The zero-order chi connectivity index (χ0) is 29.2. The Morgan fingerprint density at radius 3 is 2.15 bits per heavy atom. The molecule has 0 spiro atoms. The van der Waals surface area contributed by atoms with Gasteiger partial charge in [0, 0.05) is 27.4 Å². The van der Waals surface area contributed by atoms with E-state index in [1.807, 2.05) is 43.3 Å². The summed E-state index contributed by atoms with van der Waals surface area (Å²) in [5.74, 6) is -0.968. The molecule has 0 aliphatic carbocycles. The molecule has 0 radical (unpaired) electrons. The van der Waals surface area contributed by atoms with Crippen LogP contribution < -0.4 is 16.0 Å². The van der Waals surface area contributed by atoms with Gasteiger partial charge in [-0.3, -0.25) is 19.2 Å². The van der Waals surface area contributed by atoms with Crippen LogP contribution in [0.5, 0.6) is 0 Å². The van der Waals surface area contributed by atoms with Crippen molar-refractivity contribution in [3.05, 3.63) is 131 Å². The quantitative estimate of drug-likeness (QED) is 0.119. The topological polar surface area (TPSA) is 104 Å². The molecule has 4 aromatic rings. The van der Waals surface area contributed by atoms with Crippen molar-refractivity contribution in [1.82, 2.24) is 5.32 Å². The van der Waals surface area contributed by atoms with Crippen molar-refractivity contribution >= 4 is 52.7 Å². The molecule has 4 rings (SSSR count). The molecule has 0 aromatic heterocycles. The molecule has 0 saturated heterocycles. The Hall–Kier alpha value is -4.95. The van der Waals surface area contributed by atoms with Crippen LogP contribution in [-0.2, 0) is 9.59 Å². The Morgan fingerprint density at radius 1 is 0.732 bits per heavy atom. The lowest BCUT2D eigenvalue weighted by Crippen LogP contribution is -2.30. The third kappa shape index (κ3) is 8.52. The lowest BCUT2D eigenvalue weighted by atomic mass is 10.1. The van der Waals surface area contributed by atoms with Crippen molar-refractivity contribution in [3.63, 3.8) is 0 Å². The average Bonchev–Trinajstić information content (AvgIpc) is 2.97. The third-order valence-corrected chi connectivity index (χ3v) is 7.05. The van der Waals surface area contributed by atoms with E-state index in [0.29, 0.717) is 22.5 Å². The summed E-state index contributed by atoms with van der Waals surface area (Å²) >= 11 is 1.32. The summed E-state index contributed by atoms with van der Waals surface area (Å²) in [6, 6.07) is 30.1. The summed E-state index contributed by atoms with van der Waals surface area (Å²) in [4.78, 5) is 50.9. The van der Waals surface area contributed by atoms with E-state index in [2.05, 4.69) is 16.0 Å². The second-order valence-electron chi connectivity index (χ2n) is 9.19. The molecule has 41 heavy (non-hydrogen) atoms. The van der Waals surface area contributed by atoms with Gasteiger partial charge in [-0.15, -0.1) is 11.8 Å². The fourth-order valence-electron chi connectivity index (χ4n) is 3.84. The third-order valence-electron chi connectivity index (χ3n) is 6.05. The smallest absolute Gasteiger partial charge is 0.272 e. The second-order valence-corrected chi connectivity index (χ2v) is 10.2. The Labute approximate surface area is 243 Å². The summed E-state index contributed by atoms with van der Waals surface area (Å²) in [5.41, 5.74) is 3.99. The van der Waals surface area contributed by atoms with Crippen LogP contribution in [0.4, 0.5) is 11.4 Å². The van der Waals surface area contributed by atoms with Crippen LogP contribution in [0.1, 0.15) is 38.8 Å². The lowest BCUT2D eigenvalue weighted by Gasteiger charge is -2.13. The minimum atomic E-state index is -0.480. The monoisotopic (exact) mass is 563 g/mol. The molecule has 206 valence electrons. The highest BCUT2D eigenvalue weighted by Crippen LogP contribution is 2.23. The van der Waals surface area contributed by atoms with Gasteiger partial charge in [0.05, 0.1) is 5.75 Å². The molecule has 0 bridgehead atoms. The molecule has 3 amide bonds. The number of anilines is 2. The van der Waals surface area contributed by atoms with Gasteiger partial charge in [0.1, 0.15) is 5.70 Å². The summed E-state index contributed by atoms with van der Waals surface area (Å²) in [7, 11) is 0. The number of hydrogen-bond donors (Lipinski definition) is 3. The number of aryl methyl sites for hydroxylation is 1. The Balaban J connectivity index is 1.43. The van der Waals surface area contributed by atoms with Crippen LogP contribution >= 0.6 is 11.8 Å². The van der Waals surface area contributed by atoms with E-state index in [-0.39, 0.29) is 23.1 Å². The van der Waals surface area contributed by atoms with E-state index in [1.165, 1.54) is 18.7 Å². The molecule has 8 heteroatoms. The van der Waals surface area contributed by atoms with E-state index in [0.717, 1.165) is 16.0 Å². The van der Waals surface area contributed by atoms with Gasteiger partial charge < -0.3 is 16.0 Å². The summed E-state index contributed by atoms with van der Waals surface area (Å²) in [6.07, 6.45) is 1.65. The number of amides is 3. The molecule has 0 heterocycles. The SMILES string of the molecule is CC(=O)c1ccc(NC(=O)CSc2cccc(NC(=O)/C(=C/c3ccccc3C)NC(=O)c3ccccc3)c2)cc1. The predicted octanol–water partition coefficient (Wildman–Crippen LogP) is 6.34. The number of carbonyl (C=O) groups is 4. The summed E-state index contributed by atoms with van der Waals surface area (Å²) in [5, 5.41) is 8.42. The van der Waals surface area contributed by atoms with Gasteiger partial charge in [-0.05, 0) is 85.6 Å². The molecule has 0 fully saturated rings. The first-order chi connectivity index (χ1) is 19.8. The van der Waals surface area contributed by atoms with Crippen LogP contribution in [0.25, 0.3) is 6.08 Å². The molecule has 0 unspecified atom stereocenters. The number of benzene rings is 4. The van der Waals surface area contributed by atoms with Crippen LogP contribution in [-0.4, -0.2) is 29.3 Å². The maximum absolute atomic E-state index is 13.4. The molecule has 0 aliphatic rings. The van der Waals surface area contributed by atoms with Crippen molar-refractivity contribution in [1.29, 1.82) is 0 Å². The normalized spacial score (nSPS) is 10.9. The van der Waals surface area contributed by atoms with Gasteiger partial charge in [-0.1, -0.05) is 48.5 Å². The minimum absolute atomic E-state index is 0.0400. The standard InChI is InChI=1S/C33H29N3O4S/c1-22-9-6-7-12-26(22)19-30(36-32(39)25-10-4-3-5-11-25)33(40)35-28-13-8-14-29(20-28)41-21-31(38)34-27-17-15-24(16-18-27)23(2)37/h3-20H,21H2,1-2H3,(H,34,38)(H,35,40)(H,36,39)/b30-19-. The number of nitrogens with one attached hydrogen (secondary N) is 3. The maximum Gasteiger partial charge on any atom is 0.272 e. The van der Waals surface area contributed by atoms with Gasteiger partial charge in [0.25, 0.3) is 11.8 Å². The molecular formula is C33H29N3O4S. The van der Waals surface area contributed by atoms with Crippen molar-refractivity contribution in [2.75, 3.05) is 16.4 Å². The van der Waals surface area contributed by atoms with Crippen molar-refractivity contribution in [2.24, 2.45) is 0 Å². The number of carbonyl (C=O) groups excluding carboxylic acids is 4. The molecular weight excluding hydrogens is 534 g/mol. The van der Waals surface area contributed by atoms with Crippen LogP contribution in [0.2, 0.25) is 0 Å². The number of Topliss-reactive ketones (excluding diaryl/α,β-unsaturated/α-hetero) is 1. The molecule has 4 aromatic carbocycles. The van der Waals surface area contributed by atoms with Crippen LogP contribution in [0, 0.1) is 6.92 Å². The zero-order valence-electron chi connectivity index (χ0n) is 22.6. The Bertz CT molecular complexity index is 1600. The summed E-state index contributed by atoms with van der Waals surface area (Å²) < 4.78 is 0. The van der Waals surface area contributed by atoms with E-state index in [9.17, 15) is 19.2 Å². The molecule has 7 nitrogen and oxygen atoms in total. The van der Waals surface area contributed by atoms with Gasteiger partial charge in [0.15, 0.2) is 5.78 Å². The zero-order valence-corrected chi connectivity index (χ0v) is 23.5. The fraction of sp³-hybridized carbons (Fsp3) is 0.0909. The molecule has 0 aliphatic heterocycles. The first kappa shape index (κ1) is 29.0. The van der Waals surface area contributed by atoms with Gasteiger partial charge in [-0.25, -0.2) is 0 Å². The van der Waals surface area contributed by atoms with Gasteiger partial charge in [0.2, 0.25) is 5.91 Å². The molecule has 3 N–H and O–H groups in total. The maximum atomic E-state index is 13.4. The van der Waals surface area contributed by atoms with Crippen LogP contribution in [0.3, 0.4) is 0 Å². The largest absolute Gasteiger partial charge is 0.325 e. The van der Waals surface area contributed by atoms with Crippen molar-refractivity contribution in [3.8, 4) is 0 Å². The molecule has 0 saturated carbocycles. The average molecular weight is 564 g/mol. The first-order valence-corrected chi connectivity index (χ1v) is 13.9. The number of hydrogen-bond acceptors (Lipinski definition) is 5. The van der Waals surface area contributed by atoms with Gasteiger partial charge >= 0.3 is 0 Å². The Morgan fingerprint density at radius 2 is 1.44 bits per heavy atom. The summed E-state index contributed by atoms with van der Waals surface area (Å²) in [6.45, 7) is 3.42. The first-order valence-electron chi connectivity index (χ1n) is 12.9. The molecule has 0 atom stereocenters. The highest BCUT2D eigenvalue weighted by Gasteiger charge is 2.16. The van der Waals surface area contributed by atoms with Crippen molar-refractivity contribution < 1.29 is 19.2 Å². The minimum Gasteiger partial charge on any atom is -0.325 e. The van der Waals surface area contributed by atoms with Crippen molar-refractivity contribution in [2.45, 2.75) is 18.7 Å². The number of thioether (sulfide) groups is 1. The fourth-order valence-corrected chi connectivity index (χ4v) is 4.60. The number of ketones is 1. The van der Waals surface area contributed by atoms with Crippen LogP contribution in [0.15, 0.2) is 114 Å².